The lowest BCUT2D eigenvalue weighted by Crippen LogP contribution is -2.50. The second-order valence-corrected chi connectivity index (χ2v) is 24.3. The SMILES string of the molecule is CCC(=O)NCCNC(=O)NC(N)=NCCC[C@@H](NC(=O)[C@H](c1cccc(NCCCNC(=O)CCOCCOCCOCCOCCOCCOCCNC(=O)CN2CCN(CC(=O)O)CCN(CC(=O)O)CCN(CC(=O)O)CC2)c1)N1Cc2ccccc2C1)C(=O)NCc1ccc(O)cc1. The third-order valence-corrected chi connectivity index (χ3v) is 16.2. The Morgan fingerprint density at radius 2 is 1.01 bits per heavy atom. The Bertz CT molecular complexity index is 3030. The maximum Gasteiger partial charge on any atom is 0.321 e. The van der Waals surface area contributed by atoms with Crippen LogP contribution in [0.3, 0.4) is 0 Å². The number of nitrogens with two attached hydrogens (primary N) is 1. The van der Waals surface area contributed by atoms with Crippen LogP contribution in [0.25, 0.3) is 0 Å². The number of carboxylic acids is 3. The second-order valence-electron chi connectivity index (χ2n) is 24.3. The molecule has 34 nitrogen and oxygen atoms in total. The predicted octanol–water partition coefficient (Wildman–Crippen LogP) is -0.830. The van der Waals surface area contributed by atoms with Crippen molar-refractivity contribution in [3.05, 3.63) is 95.1 Å². The van der Waals surface area contributed by atoms with Crippen molar-refractivity contribution in [2.24, 2.45) is 10.7 Å². The number of carboxylic acid groups (broad SMARTS) is 3. The number of fused-ring (bicyclic) bond motifs is 1. The van der Waals surface area contributed by atoms with E-state index >= 15 is 0 Å². The number of phenols is 1. The molecule has 0 aliphatic carbocycles. The molecule has 1 saturated heterocycles. The number of phenolic OH excluding ortho intramolecular Hbond substituents is 1. The standard InChI is InChI=1S/C69H107N15O19/c1-2-59(86)73-21-22-76-69(97)79-68(70)75-18-6-12-58(66(95)77-45-52-13-15-57(85)16-14-52)78-67(96)65(84-46-54-8-3-4-9-55(54)47-84)53-10-5-11-56(44-53)71-19-7-20-72-60(87)17-32-98-34-36-100-38-40-102-42-43-103-41-39-101-37-35-99-33-23-74-61(88)48-80-24-26-81(49-62(89)90)28-30-83(51-64(93)94)31-29-82(27-25-80)50-63(91)92/h3-5,8-11,13-16,44,58,65,71,85H,2,6-7,12,17-43,45-51H2,1H3,(H,72,87)(H,73,86)(H,74,88)(H,77,95)(H,78,96)(H,89,90)(H,91,92)(H,93,94)(H4,70,75,76,79,97)/t58-,65+/m1/s1. The van der Waals surface area contributed by atoms with Crippen LogP contribution in [0.1, 0.15) is 67.3 Å². The quantitative estimate of drug-likeness (QED) is 0.0186. The van der Waals surface area contributed by atoms with Crippen molar-refractivity contribution in [1.82, 2.24) is 61.7 Å². The number of hydrogen-bond donors (Lipinski definition) is 13. The van der Waals surface area contributed by atoms with Crippen molar-refractivity contribution in [3.8, 4) is 5.75 Å². The molecule has 2 atom stereocenters. The number of carbonyl (C=O) groups excluding carboxylic acids is 6. The summed E-state index contributed by atoms with van der Waals surface area (Å²) in [6, 6.07) is 19.6. The topological polar surface area (TPSA) is 441 Å². The van der Waals surface area contributed by atoms with Crippen molar-refractivity contribution in [3.63, 3.8) is 0 Å². The van der Waals surface area contributed by atoms with Crippen molar-refractivity contribution < 1.29 is 92.0 Å². The van der Waals surface area contributed by atoms with Gasteiger partial charge in [-0.2, -0.15) is 0 Å². The summed E-state index contributed by atoms with van der Waals surface area (Å²) in [6.45, 7) is 10.2. The monoisotopic (exact) mass is 1450 g/mol. The lowest BCUT2D eigenvalue weighted by atomic mass is 10.0. The molecule has 1 fully saturated rings. The average molecular weight is 1450 g/mol. The van der Waals surface area contributed by atoms with Crippen LogP contribution in [-0.4, -0.2) is 307 Å². The predicted molar refractivity (Wildman–Crippen MR) is 380 cm³/mol. The number of aromatic hydroxyl groups is 1. The highest BCUT2D eigenvalue weighted by Crippen LogP contribution is 2.33. The maximum atomic E-state index is 14.8. The van der Waals surface area contributed by atoms with E-state index in [0.717, 1.165) is 22.4 Å². The Kier molecular flexibility index (Phi) is 41.8. The van der Waals surface area contributed by atoms with Crippen molar-refractivity contribution in [2.45, 2.75) is 70.7 Å². The van der Waals surface area contributed by atoms with Gasteiger partial charge in [0.15, 0.2) is 5.96 Å². The zero-order valence-electron chi connectivity index (χ0n) is 59.1. The molecule has 34 heteroatoms. The number of aliphatic imine (C=N–C) groups is 1. The fourth-order valence-corrected chi connectivity index (χ4v) is 10.8. The highest BCUT2D eigenvalue weighted by molar-refractivity contribution is 5.95. The highest BCUT2D eigenvalue weighted by atomic mass is 16.6. The van der Waals surface area contributed by atoms with Gasteiger partial charge < -0.3 is 91.8 Å². The maximum absolute atomic E-state index is 14.8. The van der Waals surface area contributed by atoms with Crippen LogP contribution in [-0.2, 0) is 86.4 Å². The number of aliphatic carboxylic acids is 3. The zero-order chi connectivity index (χ0) is 74.2. The van der Waals surface area contributed by atoms with Crippen molar-refractivity contribution >= 4 is 65.1 Å². The van der Waals surface area contributed by atoms with Crippen LogP contribution in [0, 0.1) is 0 Å². The Morgan fingerprint density at radius 1 is 0.515 bits per heavy atom. The molecular formula is C69H107N15O19. The molecule has 0 aromatic heterocycles. The van der Waals surface area contributed by atoms with Gasteiger partial charge in [-0.05, 0) is 65.8 Å². The molecule has 0 unspecified atom stereocenters. The number of ether oxygens (including phenoxy) is 6. The van der Waals surface area contributed by atoms with E-state index in [4.69, 9.17) is 34.2 Å². The van der Waals surface area contributed by atoms with Gasteiger partial charge in [-0.15, -0.1) is 0 Å². The lowest BCUT2D eigenvalue weighted by Gasteiger charge is -2.32. The number of anilines is 1. The molecule has 0 bridgehead atoms. The zero-order valence-corrected chi connectivity index (χ0v) is 59.1. The molecule has 5 rings (SSSR count). The van der Waals surface area contributed by atoms with E-state index in [1.54, 1.807) is 33.8 Å². The first kappa shape index (κ1) is 85.0. The number of hydrogen-bond acceptors (Lipinski definition) is 23. The molecule has 14 N–H and O–H groups in total. The molecular weight excluding hydrogens is 1340 g/mol. The molecule has 2 aliphatic rings. The highest BCUT2D eigenvalue weighted by Gasteiger charge is 2.35. The summed E-state index contributed by atoms with van der Waals surface area (Å²) in [6.07, 6.45) is 1.60. The third kappa shape index (κ3) is 37.9. The molecule has 2 aliphatic heterocycles. The van der Waals surface area contributed by atoms with Crippen LogP contribution in [0.2, 0.25) is 0 Å². The van der Waals surface area contributed by atoms with Gasteiger partial charge in [0.2, 0.25) is 29.5 Å². The first-order valence-electron chi connectivity index (χ1n) is 35.0. The van der Waals surface area contributed by atoms with E-state index in [1.165, 1.54) is 12.1 Å². The second kappa shape index (κ2) is 50.6. The number of rotatable bonds is 49. The molecule has 2 heterocycles. The van der Waals surface area contributed by atoms with Gasteiger partial charge in [-0.25, -0.2) is 4.79 Å². The molecule has 0 radical (unpaired) electrons. The fourth-order valence-electron chi connectivity index (χ4n) is 10.8. The number of guanidine groups is 1. The Morgan fingerprint density at radius 3 is 1.54 bits per heavy atom. The van der Waals surface area contributed by atoms with E-state index in [2.05, 4.69) is 52.4 Å². The van der Waals surface area contributed by atoms with Gasteiger partial charge >= 0.3 is 23.9 Å². The molecule has 572 valence electrons. The summed E-state index contributed by atoms with van der Waals surface area (Å²) in [5.41, 5.74) is 10.4. The van der Waals surface area contributed by atoms with Gasteiger partial charge in [0.25, 0.3) is 0 Å². The van der Waals surface area contributed by atoms with E-state index < -0.39 is 41.9 Å². The minimum absolute atomic E-state index is 0.00667. The lowest BCUT2D eigenvalue weighted by molar-refractivity contribution is -0.140. The number of carbonyl (C=O) groups is 9. The molecule has 7 amide bonds. The van der Waals surface area contributed by atoms with E-state index in [1.807, 2.05) is 53.4 Å². The smallest absolute Gasteiger partial charge is 0.321 e. The van der Waals surface area contributed by atoms with E-state index in [9.17, 15) is 63.6 Å². The van der Waals surface area contributed by atoms with Crippen LogP contribution < -0.4 is 48.3 Å². The molecule has 3 aromatic carbocycles. The minimum Gasteiger partial charge on any atom is -0.508 e. The third-order valence-electron chi connectivity index (χ3n) is 16.2. The molecule has 0 saturated carbocycles. The summed E-state index contributed by atoms with van der Waals surface area (Å²) in [5.74, 6) is -4.52. The van der Waals surface area contributed by atoms with Crippen LogP contribution >= 0.6 is 0 Å². The number of amides is 7. The number of urea groups is 1. The van der Waals surface area contributed by atoms with Crippen LogP contribution in [0.4, 0.5) is 10.5 Å². The molecule has 3 aromatic rings. The number of nitrogens with one attached hydrogen (secondary N) is 8. The van der Waals surface area contributed by atoms with Gasteiger partial charge in [-0.1, -0.05) is 55.5 Å². The Labute approximate surface area is 601 Å². The van der Waals surface area contributed by atoms with Crippen molar-refractivity contribution in [1.29, 1.82) is 0 Å². The molecule has 0 spiro atoms. The van der Waals surface area contributed by atoms with E-state index in [0.29, 0.717) is 143 Å². The summed E-state index contributed by atoms with van der Waals surface area (Å²) in [5, 5.41) is 60.9. The van der Waals surface area contributed by atoms with Gasteiger partial charge in [0.1, 0.15) is 17.8 Å². The number of benzene rings is 3. The Hall–Kier alpha value is -8.68. The largest absolute Gasteiger partial charge is 0.508 e. The van der Waals surface area contributed by atoms with Crippen LogP contribution in [0.15, 0.2) is 77.8 Å². The van der Waals surface area contributed by atoms with E-state index in [-0.39, 0.29) is 146 Å². The van der Waals surface area contributed by atoms with Crippen molar-refractivity contribution in [2.75, 3.05) is 202 Å². The first-order valence-corrected chi connectivity index (χ1v) is 35.0. The minimum atomic E-state index is -1.03. The fraction of sp³-hybridized carbons (Fsp3) is 0.594. The first-order chi connectivity index (χ1) is 49.8. The number of nitrogens with zero attached hydrogens (tertiary/aromatic N) is 6. The van der Waals surface area contributed by atoms with Gasteiger partial charge in [-0.3, -0.25) is 73.2 Å². The summed E-state index contributed by atoms with van der Waals surface area (Å²) < 4.78 is 33.4. The average Bonchev–Trinajstić information content (AvgIpc) is 1.68. The molecule has 103 heavy (non-hydrogen) atoms. The summed E-state index contributed by atoms with van der Waals surface area (Å²) >= 11 is 0. The Balaban J connectivity index is 0.900. The summed E-state index contributed by atoms with van der Waals surface area (Å²) in [4.78, 5) is 126. The van der Waals surface area contributed by atoms with Gasteiger partial charge in [0.05, 0.1) is 105 Å². The van der Waals surface area contributed by atoms with Gasteiger partial charge in [0, 0.05) is 130 Å². The normalized spacial score (nSPS) is 14.9. The van der Waals surface area contributed by atoms with Crippen LogP contribution in [0.5, 0.6) is 5.75 Å². The summed E-state index contributed by atoms with van der Waals surface area (Å²) in [7, 11) is 0.